The van der Waals surface area contributed by atoms with Gasteiger partial charge in [-0.15, -0.1) is 10.2 Å². The standard InChI is InChI=1S/C26H20N6O7/c1-15-12-19(32(38)39)14-20-22(26(35)30(2)23(15)20)28-29-25(34)21(27-24(33)17-6-4-3-5-7-17)13-16-8-10-18(11-9-16)31(36)37/h3-14,35H,1-2H3,(H,27,33). The molecule has 13 heteroatoms. The summed E-state index contributed by atoms with van der Waals surface area (Å²) in [6, 6.07) is 15.9. The summed E-state index contributed by atoms with van der Waals surface area (Å²) in [5, 5.41) is 43.1. The molecule has 0 spiro atoms. The molecule has 0 bridgehead atoms. The van der Waals surface area contributed by atoms with Gasteiger partial charge in [-0.1, -0.05) is 18.2 Å². The lowest BCUT2D eigenvalue weighted by molar-refractivity contribution is -0.385. The molecule has 2 N–H and O–H groups in total. The van der Waals surface area contributed by atoms with E-state index in [1.54, 1.807) is 25.1 Å². The van der Waals surface area contributed by atoms with Crippen LogP contribution < -0.4 is 5.32 Å². The molecule has 0 aliphatic rings. The van der Waals surface area contributed by atoms with E-state index in [0.29, 0.717) is 16.6 Å². The van der Waals surface area contributed by atoms with Gasteiger partial charge in [0.15, 0.2) is 5.69 Å². The normalized spacial score (nSPS) is 11.6. The number of aromatic hydroxyl groups is 1. The Morgan fingerprint density at radius 1 is 0.974 bits per heavy atom. The van der Waals surface area contributed by atoms with Crippen molar-refractivity contribution >= 4 is 45.9 Å². The Bertz CT molecular complexity index is 1690. The average molecular weight is 528 g/mol. The van der Waals surface area contributed by atoms with Gasteiger partial charge in [0.2, 0.25) is 5.88 Å². The molecule has 4 aromatic rings. The van der Waals surface area contributed by atoms with Crippen molar-refractivity contribution in [2.24, 2.45) is 17.3 Å². The summed E-state index contributed by atoms with van der Waals surface area (Å²) in [5.41, 5.74) is 0.696. The summed E-state index contributed by atoms with van der Waals surface area (Å²) in [7, 11) is 1.53. The highest BCUT2D eigenvalue weighted by Gasteiger charge is 2.21. The van der Waals surface area contributed by atoms with E-state index in [9.17, 15) is 34.9 Å². The maximum Gasteiger partial charge on any atom is 0.311 e. The number of aryl methyl sites for hydroxylation is 2. The first kappa shape index (κ1) is 26.3. The summed E-state index contributed by atoms with van der Waals surface area (Å²) in [6.45, 7) is 1.63. The number of aromatic nitrogens is 1. The van der Waals surface area contributed by atoms with Gasteiger partial charge in [0.1, 0.15) is 5.70 Å². The number of nitrogens with one attached hydrogen (secondary N) is 1. The highest BCUT2D eigenvalue weighted by Crippen LogP contribution is 2.41. The second kappa shape index (κ2) is 10.7. The molecule has 196 valence electrons. The fourth-order valence-corrected chi connectivity index (χ4v) is 3.92. The number of carbonyl (C=O) groups is 2. The van der Waals surface area contributed by atoms with E-state index in [1.807, 2.05) is 0 Å². The largest absolute Gasteiger partial charge is 0.493 e. The van der Waals surface area contributed by atoms with E-state index in [2.05, 4.69) is 15.5 Å². The molecule has 4 rings (SSSR count). The lowest BCUT2D eigenvalue weighted by atomic mass is 10.1. The number of azo groups is 1. The van der Waals surface area contributed by atoms with E-state index in [1.165, 1.54) is 66.2 Å². The van der Waals surface area contributed by atoms with E-state index in [0.717, 1.165) is 0 Å². The van der Waals surface area contributed by atoms with Crippen molar-refractivity contribution in [2.75, 3.05) is 0 Å². The van der Waals surface area contributed by atoms with Crippen LogP contribution in [0.3, 0.4) is 0 Å². The van der Waals surface area contributed by atoms with Gasteiger partial charge < -0.3 is 15.0 Å². The van der Waals surface area contributed by atoms with Crippen LogP contribution in [0.2, 0.25) is 0 Å². The second-order valence-corrected chi connectivity index (χ2v) is 8.38. The zero-order valence-electron chi connectivity index (χ0n) is 20.6. The van der Waals surface area contributed by atoms with Crippen molar-refractivity contribution in [3.05, 3.63) is 109 Å². The number of nitrogens with zero attached hydrogens (tertiary/aromatic N) is 5. The number of benzene rings is 3. The first-order valence-corrected chi connectivity index (χ1v) is 11.3. The van der Waals surface area contributed by atoms with Crippen LogP contribution in [0.4, 0.5) is 17.1 Å². The van der Waals surface area contributed by atoms with Gasteiger partial charge in [0.05, 0.1) is 15.4 Å². The van der Waals surface area contributed by atoms with E-state index >= 15 is 0 Å². The predicted molar refractivity (Wildman–Crippen MR) is 140 cm³/mol. The van der Waals surface area contributed by atoms with Crippen LogP contribution in [0, 0.1) is 27.2 Å². The minimum atomic E-state index is -1.00. The molecule has 1 heterocycles. The number of amides is 2. The van der Waals surface area contributed by atoms with Crippen LogP contribution in [-0.4, -0.2) is 31.3 Å². The Labute approximate surface area is 220 Å². The number of non-ortho nitro benzene ring substituents is 2. The molecule has 0 fully saturated rings. The molecule has 39 heavy (non-hydrogen) atoms. The maximum absolute atomic E-state index is 13.1. The molecule has 0 unspecified atom stereocenters. The average Bonchev–Trinajstić information content (AvgIpc) is 3.16. The third kappa shape index (κ3) is 5.51. The van der Waals surface area contributed by atoms with Crippen molar-refractivity contribution in [1.82, 2.24) is 9.88 Å². The first-order chi connectivity index (χ1) is 18.6. The van der Waals surface area contributed by atoms with Gasteiger partial charge in [-0.3, -0.25) is 29.8 Å². The molecule has 2 amide bonds. The fraction of sp³-hybridized carbons (Fsp3) is 0.0769. The number of hydrogen-bond donors (Lipinski definition) is 2. The Morgan fingerprint density at radius 3 is 2.23 bits per heavy atom. The smallest absolute Gasteiger partial charge is 0.311 e. The van der Waals surface area contributed by atoms with Gasteiger partial charge in [0.25, 0.3) is 17.3 Å². The lowest BCUT2D eigenvalue weighted by Gasteiger charge is -2.07. The fourth-order valence-electron chi connectivity index (χ4n) is 3.92. The molecular weight excluding hydrogens is 508 g/mol. The number of carbonyl (C=O) groups excluding carboxylic acids is 2. The molecule has 0 aliphatic carbocycles. The minimum absolute atomic E-state index is 0.163. The van der Waals surface area contributed by atoms with Gasteiger partial charge in [-0.25, -0.2) is 0 Å². The number of nitro groups is 2. The number of fused-ring (bicyclic) bond motifs is 1. The third-order valence-electron chi connectivity index (χ3n) is 5.79. The molecule has 0 aliphatic heterocycles. The molecule has 0 radical (unpaired) electrons. The molecule has 13 nitrogen and oxygen atoms in total. The van der Waals surface area contributed by atoms with Crippen LogP contribution in [0.25, 0.3) is 17.0 Å². The van der Waals surface area contributed by atoms with Crippen molar-refractivity contribution in [3.8, 4) is 5.88 Å². The van der Waals surface area contributed by atoms with Crippen LogP contribution in [0.5, 0.6) is 5.88 Å². The topological polar surface area (TPSA) is 182 Å². The predicted octanol–water partition coefficient (Wildman–Crippen LogP) is 5.09. The summed E-state index contributed by atoms with van der Waals surface area (Å²) in [6.07, 6.45) is 1.27. The van der Waals surface area contributed by atoms with E-state index in [4.69, 9.17) is 0 Å². The van der Waals surface area contributed by atoms with Crippen LogP contribution in [-0.2, 0) is 11.8 Å². The molecular formula is C26H20N6O7. The van der Waals surface area contributed by atoms with E-state index < -0.39 is 21.7 Å². The summed E-state index contributed by atoms with van der Waals surface area (Å²) in [5.74, 6) is -2.00. The Kier molecular flexibility index (Phi) is 7.24. The summed E-state index contributed by atoms with van der Waals surface area (Å²) >= 11 is 0. The third-order valence-corrected chi connectivity index (χ3v) is 5.79. The van der Waals surface area contributed by atoms with Gasteiger partial charge in [-0.2, -0.15) is 0 Å². The highest BCUT2D eigenvalue weighted by molar-refractivity contribution is 6.06. The lowest BCUT2D eigenvalue weighted by Crippen LogP contribution is -2.26. The number of hydrogen-bond acceptors (Lipinski definition) is 8. The number of rotatable bonds is 7. The van der Waals surface area contributed by atoms with Crippen LogP contribution >= 0.6 is 0 Å². The number of nitro benzene ring substituents is 2. The molecule has 0 saturated carbocycles. The second-order valence-electron chi connectivity index (χ2n) is 8.38. The van der Waals surface area contributed by atoms with Crippen molar-refractivity contribution in [1.29, 1.82) is 0 Å². The van der Waals surface area contributed by atoms with E-state index in [-0.39, 0.29) is 39.6 Å². The monoisotopic (exact) mass is 528 g/mol. The van der Waals surface area contributed by atoms with Gasteiger partial charge >= 0.3 is 5.91 Å². The van der Waals surface area contributed by atoms with Crippen LogP contribution in [0.15, 0.2) is 82.7 Å². The van der Waals surface area contributed by atoms with Crippen LogP contribution in [0.1, 0.15) is 21.5 Å². The molecule has 1 aromatic heterocycles. The SMILES string of the molecule is Cc1cc([N+](=O)[O-])cc2c(N=NC(=O)C(=Cc3ccc([N+](=O)[O-])cc3)NC(=O)c3ccccc3)c(O)n(C)c12. The maximum atomic E-state index is 13.1. The summed E-state index contributed by atoms with van der Waals surface area (Å²) < 4.78 is 1.36. The Hall–Kier alpha value is -5.72. The highest BCUT2D eigenvalue weighted by atomic mass is 16.6. The minimum Gasteiger partial charge on any atom is -0.493 e. The van der Waals surface area contributed by atoms with Crippen molar-refractivity contribution in [3.63, 3.8) is 0 Å². The quantitative estimate of drug-likeness (QED) is 0.145. The molecule has 0 atom stereocenters. The Balaban J connectivity index is 1.74. The van der Waals surface area contributed by atoms with Gasteiger partial charge in [-0.05, 0) is 48.4 Å². The zero-order chi connectivity index (χ0) is 28.3. The summed E-state index contributed by atoms with van der Waals surface area (Å²) in [4.78, 5) is 47.0. The van der Waals surface area contributed by atoms with Gasteiger partial charge in [0, 0.05) is 42.3 Å². The van der Waals surface area contributed by atoms with Crippen molar-refractivity contribution < 1.29 is 24.5 Å². The first-order valence-electron chi connectivity index (χ1n) is 11.3. The zero-order valence-corrected chi connectivity index (χ0v) is 20.6. The Morgan fingerprint density at radius 2 is 1.62 bits per heavy atom. The molecule has 0 saturated heterocycles. The molecule has 3 aromatic carbocycles. The van der Waals surface area contributed by atoms with Crippen molar-refractivity contribution in [2.45, 2.75) is 6.92 Å².